The minimum absolute atomic E-state index is 0.00645. The van der Waals surface area contributed by atoms with E-state index in [1.807, 2.05) is 30.3 Å². The fourth-order valence-electron chi connectivity index (χ4n) is 3.45. The molecule has 1 amide bonds. The van der Waals surface area contributed by atoms with Crippen molar-refractivity contribution in [3.63, 3.8) is 0 Å². The van der Waals surface area contributed by atoms with Gasteiger partial charge in [0.1, 0.15) is 5.75 Å². The number of benzene rings is 3. The van der Waals surface area contributed by atoms with E-state index < -0.39 is 18.5 Å². The number of carboxylic acid groups (broad SMARTS) is 1. The van der Waals surface area contributed by atoms with Gasteiger partial charge in [0.05, 0.1) is 16.8 Å². The molecule has 0 atom stereocenters. The highest BCUT2D eigenvalue weighted by Gasteiger charge is 2.18. The number of nitrogens with one attached hydrogen (secondary N) is 1. The number of carbonyl (C=O) groups excluding carboxylic acids is 1. The monoisotopic (exact) mass is 460 g/mol. The van der Waals surface area contributed by atoms with Crippen LogP contribution in [-0.4, -0.2) is 28.6 Å². The van der Waals surface area contributed by atoms with Gasteiger partial charge in [0, 0.05) is 23.5 Å². The maximum Gasteiger partial charge on any atom is 0.387 e. The highest BCUT2D eigenvalue weighted by molar-refractivity contribution is 6.08. The molecule has 0 saturated carbocycles. The first-order chi connectivity index (χ1) is 16.4. The maximum atomic E-state index is 13.0. The zero-order valence-electron chi connectivity index (χ0n) is 17.6. The largest absolute Gasteiger partial charge is 0.478 e. The highest BCUT2D eigenvalue weighted by Crippen LogP contribution is 2.34. The predicted octanol–water partition coefficient (Wildman–Crippen LogP) is 5.97. The van der Waals surface area contributed by atoms with Crippen LogP contribution in [0, 0.1) is 0 Å². The first kappa shape index (κ1) is 22.6. The molecular formula is C26H18F2N2O4. The number of carbonyl (C=O) groups is 2. The predicted molar refractivity (Wildman–Crippen MR) is 123 cm³/mol. The van der Waals surface area contributed by atoms with E-state index in [4.69, 9.17) is 0 Å². The van der Waals surface area contributed by atoms with Crippen molar-refractivity contribution >= 4 is 17.6 Å². The van der Waals surface area contributed by atoms with Crippen LogP contribution in [0.1, 0.15) is 20.7 Å². The zero-order chi connectivity index (χ0) is 24.1. The summed E-state index contributed by atoms with van der Waals surface area (Å²) in [6.45, 7) is -3.02. The second kappa shape index (κ2) is 9.91. The summed E-state index contributed by atoms with van der Waals surface area (Å²) in [6.07, 6.45) is 2.99. The molecule has 1 heterocycles. The van der Waals surface area contributed by atoms with E-state index >= 15 is 0 Å². The summed E-state index contributed by atoms with van der Waals surface area (Å²) < 4.78 is 30.2. The van der Waals surface area contributed by atoms with Gasteiger partial charge < -0.3 is 15.2 Å². The molecule has 0 aliphatic carbocycles. The fraction of sp³-hybridized carbons (Fsp3) is 0.0385. The summed E-state index contributed by atoms with van der Waals surface area (Å²) in [6, 6.07) is 21.3. The lowest BCUT2D eigenvalue weighted by Crippen LogP contribution is -2.15. The quantitative estimate of drug-likeness (QED) is 0.355. The Morgan fingerprint density at radius 3 is 2.32 bits per heavy atom. The Labute approximate surface area is 193 Å². The van der Waals surface area contributed by atoms with Crippen LogP contribution in [0.2, 0.25) is 0 Å². The van der Waals surface area contributed by atoms with E-state index in [0.717, 1.165) is 11.1 Å². The Kier molecular flexibility index (Phi) is 6.59. The number of rotatable bonds is 7. The third-order valence-corrected chi connectivity index (χ3v) is 5.02. The van der Waals surface area contributed by atoms with E-state index in [0.29, 0.717) is 11.1 Å². The van der Waals surface area contributed by atoms with Crippen molar-refractivity contribution in [3.05, 3.63) is 102 Å². The molecule has 6 nitrogen and oxygen atoms in total. The molecule has 2 N–H and O–H groups in total. The van der Waals surface area contributed by atoms with E-state index in [2.05, 4.69) is 15.0 Å². The third-order valence-electron chi connectivity index (χ3n) is 5.02. The van der Waals surface area contributed by atoms with Crippen LogP contribution in [-0.2, 0) is 0 Å². The van der Waals surface area contributed by atoms with Crippen LogP contribution in [0.5, 0.6) is 5.75 Å². The topological polar surface area (TPSA) is 88.5 Å². The molecule has 34 heavy (non-hydrogen) atoms. The van der Waals surface area contributed by atoms with E-state index in [9.17, 15) is 23.5 Å². The van der Waals surface area contributed by atoms with E-state index in [1.54, 1.807) is 30.5 Å². The van der Waals surface area contributed by atoms with Gasteiger partial charge in [0.25, 0.3) is 5.91 Å². The minimum Gasteiger partial charge on any atom is -0.478 e. The molecule has 3 aromatic carbocycles. The molecule has 0 unspecified atom stereocenters. The van der Waals surface area contributed by atoms with Crippen molar-refractivity contribution in [1.29, 1.82) is 0 Å². The van der Waals surface area contributed by atoms with Gasteiger partial charge in [-0.25, -0.2) is 4.79 Å². The highest BCUT2D eigenvalue weighted by atomic mass is 19.3. The molecule has 0 aliphatic rings. The smallest absolute Gasteiger partial charge is 0.387 e. The molecule has 0 bridgehead atoms. The van der Waals surface area contributed by atoms with Crippen molar-refractivity contribution in [3.8, 4) is 28.0 Å². The average Bonchev–Trinajstić information content (AvgIpc) is 2.84. The summed E-state index contributed by atoms with van der Waals surface area (Å²) in [5.74, 6) is -1.89. The Bertz CT molecular complexity index is 1340. The number of alkyl halides is 2. The van der Waals surface area contributed by atoms with Crippen molar-refractivity contribution in [1.82, 2.24) is 4.98 Å². The number of amides is 1. The van der Waals surface area contributed by atoms with Gasteiger partial charge in [-0.2, -0.15) is 8.78 Å². The molecule has 1 aromatic heterocycles. The third kappa shape index (κ3) is 5.07. The first-order valence-corrected chi connectivity index (χ1v) is 10.2. The van der Waals surface area contributed by atoms with E-state index in [-0.39, 0.29) is 22.6 Å². The number of para-hydroxylation sites is 1. The molecular weight excluding hydrogens is 442 g/mol. The molecule has 0 radical (unpaired) electrons. The second-order valence-electron chi connectivity index (χ2n) is 7.22. The standard InChI is InChI=1S/C26H18F2N2O4/c27-26(28)34-23-9-5-4-8-20(23)17-10-11-21(25(32)33)22(13-17)30-24(31)19-12-18(14-29-15-19)16-6-2-1-3-7-16/h1-15,26H,(H,30,31)(H,32,33). The maximum absolute atomic E-state index is 13.0. The lowest BCUT2D eigenvalue weighted by molar-refractivity contribution is -0.0494. The first-order valence-electron chi connectivity index (χ1n) is 10.2. The minimum atomic E-state index is -3.02. The van der Waals surface area contributed by atoms with Gasteiger partial charge in [-0.1, -0.05) is 54.6 Å². The number of aromatic carboxylic acids is 1. The van der Waals surface area contributed by atoms with Gasteiger partial charge in [-0.15, -0.1) is 0 Å². The Balaban J connectivity index is 1.68. The average molecular weight is 460 g/mol. The number of nitrogens with zero attached hydrogens (tertiary/aromatic N) is 1. The van der Waals surface area contributed by atoms with Crippen molar-refractivity contribution in [2.45, 2.75) is 6.61 Å². The van der Waals surface area contributed by atoms with Crippen LogP contribution in [0.25, 0.3) is 22.3 Å². The summed E-state index contributed by atoms with van der Waals surface area (Å²) in [5, 5.41) is 12.2. The van der Waals surface area contributed by atoms with Crippen LogP contribution in [0.15, 0.2) is 91.3 Å². The fourth-order valence-corrected chi connectivity index (χ4v) is 3.45. The van der Waals surface area contributed by atoms with Crippen LogP contribution < -0.4 is 10.1 Å². The van der Waals surface area contributed by atoms with Crippen LogP contribution in [0.4, 0.5) is 14.5 Å². The number of carboxylic acids is 1. The SMILES string of the molecule is O=C(Nc1cc(-c2ccccc2OC(F)F)ccc1C(=O)O)c1cncc(-c2ccccc2)c1. The summed E-state index contributed by atoms with van der Waals surface area (Å²) >= 11 is 0. The number of ether oxygens (including phenoxy) is 1. The zero-order valence-corrected chi connectivity index (χ0v) is 17.6. The Hall–Kier alpha value is -4.59. The van der Waals surface area contributed by atoms with Gasteiger partial charge >= 0.3 is 12.6 Å². The lowest BCUT2D eigenvalue weighted by Gasteiger charge is -2.14. The number of pyridine rings is 1. The normalized spacial score (nSPS) is 10.7. The molecule has 0 aliphatic heterocycles. The van der Waals surface area contributed by atoms with Crippen molar-refractivity contribution in [2.75, 3.05) is 5.32 Å². The molecule has 4 aromatic rings. The molecule has 4 rings (SSSR count). The molecule has 0 fully saturated rings. The number of hydrogen-bond donors (Lipinski definition) is 2. The van der Waals surface area contributed by atoms with Gasteiger partial charge in [0.2, 0.25) is 0 Å². The van der Waals surface area contributed by atoms with Crippen LogP contribution >= 0.6 is 0 Å². The Morgan fingerprint density at radius 1 is 0.853 bits per heavy atom. The number of hydrogen-bond acceptors (Lipinski definition) is 4. The van der Waals surface area contributed by atoms with Gasteiger partial charge in [0.15, 0.2) is 0 Å². The lowest BCUT2D eigenvalue weighted by atomic mass is 10.0. The van der Waals surface area contributed by atoms with E-state index in [1.165, 1.54) is 30.5 Å². The molecule has 0 spiro atoms. The number of anilines is 1. The van der Waals surface area contributed by atoms with Gasteiger partial charge in [-0.3, -0.25) is 9.78 Å². The summed E-state index contributed by atoms with van der Waals surface area (Å²) in [4.78, 5) is 28.8. The number of halogens is 2. The van der Waals surface area contributed by atoms with Crippen molar-refractivity contribution < 1.29 is 28.2 Å². The molecule has 0 saturated heterocycles. The summed E-state index contributed by atoms with van der Waals surface area (Å²) in [7, 11) is 0. The summed E-state index contributed by atoms with van der Waals surface area (Å²) in [5.41, 5.74) is 2.38. The second-order valence-corrected chi connectivity index (χ2v) is 7.22. The molecule has 8 heteroatoms. The Morgan fingerprint density at radius 2 is 1.59 bits per heavy atom. The van der Waals surface area contributed by atoms with Crippen molar-refractivity contribution in [2.24, 2.45) is 0 Å². The number of aromatic nitrogens is 1. The van der Waals surface area contributed by atoms with Gasteiger partial charge in [-0.05, 0) is 35.4 Å². The molecule has 170 valence electrons. The van der Waals surface area contributed by atoms with Crippen LogP contribution in [0.3, 0.4) is 0 Å².